The second-order valence-corrected chi connectivity index (χ2v) is 7.18. The quantitative estimate of drug-likeness (QED) is 0.526. The Bertz CT molecular complexity index is 738. The lowest BCUT2D eigenvalue weighted by atomic mass is 10.1. The Morgan fingerprint density at radius 3 is 2.30 bits per heavy atom. The van der Waals surface area contributed by atoms with E-state index < -0.39 is 10.1 Å². The summed E-state index contributed by atoms with van der Waals surface area (Å²) in [5, 5.41) is 1.64. The first kappa shape index (κ1) is 17.8. The van der Waals surface area contributed by atoms with Crippen molar-refractivity contribution in [2.45, 2.75) is 50.3 Å². The van der Waals surface area contributed by atoms with Gasteiger partial charge in [-0.15, -0.1) is 0 Å². The van der Waals surface area contributed by atoms with Crippen LogP contribution in [-0.4, -0.2) is 19.6 Å². The summed E-state index contributed by atoms with van der Waals surface area (Å²) in [6, 6.07) is 10.1. The highest BCUT2D eigenvalue weighted by Gasteiger charge is 2.09. The van der Waals surface area contributed by atoms with Gasteiger partial charge in [0.1, 0.15) is 5.75 Å². The molecule has 0 unspecified atom stereocenters. The van der Waals surface area contributed by atoms with E-state index in [1.165, 1.54) is 44.2 Å². The molecule has 0 bridgehead atoms. The Hall–Kier alpha value is -1.59. The van der Waals surface area contributed by atoms with Crippen LogP contribution in [0.15, 0.2) is 41.3 Å². The van der Waals surface area contributed by atoms with E-state index in [9.17, 15) is 8.42 Å². The van der Waals surface area contributed by atoms with Crippen LogP contribution in [0.25, 0.3) is 10.8 Å². The normalized spacial score (nSPS) is 11.7. The molecule has 0 saturated carbocycles. The number of ether oxygens (including phenoxy) is 1. The van der Waals surface area contributed by atoms with Crippen molar-refractivity contribution in [1.82, 2.24) is 0 Å². The summed E-state index contributed by atoms with van der Waals surface area (Å²) < 4.78 is 37.1. The summed E-state index contributed by atoms with van der Waals surface area (Å²) in [4.78, 5) is -0.0919. The SMILES string of the molecule is CCCCCCCCOc1ccc2cc(S(=O)(=O)O)ccc2c1. The average molecular weight is 336 g/mol. The highest BCUT2D eigenvalue weighted by molar-refractivity contribution is 7.85. The van der Waals surface area contributed by atoms with E-state index in [1.54, 1.807) is 12.1 Å². The van der Waals surface area contributed by atoms with Crippen molar-refractivity contribution < 1.29 is 17.7 Å². The summed E-state index contributed by atoms with van der Waals surface area (Å²) in [5.41, 5.74) is 0. The topological polar surface area (TPSA) is 63.6 Å². The van der Waals surface area contributed by atoms with Crippen LogP contribution in [0.1, 0.15) is 45.4 Å². The molecule has 1 N–H and O–H groups in total. The van der Waals surface area contributed by atoms with Crippen LogP contribution < -0.4 is 4.74 Å². The fraction of sp³-hybridized carbons (Fsp3) is 0.444. The van der Waals surface area contributed by atoms with Crippen LogP contribution in [0.4, 0.5) is 0 Å². The number of hydrogen-bond donors (Lipinski definition) is 1. The van der Waals surface area contributed by atoms with Gasteiger partial charge in [0.05, 0.1) is 11.5 Å². The van der Waals surface area contributed by atoms with Crippen LogP contribution in [-0.2, 0) is 10.1 Å². The molecule has 2 aromatic rings. The van der Waals surface area contributed by atoms with Crippen molar-refractivity contribution in [2.24, 2.45) is 0 Å². The molecular weight excluding hydrogens is 312 g/mol. The Morgan fingerprint density at radius 1 is 0.913 bits per heavy atom. The highest BCUT2D eigenvalue weighted by Crippen LogP contribution is 2.24. The zero-order valence-electron chi connectivity index (χ0n) is 13.5. The van der Waals surface area contributed by atoms with Crippen LogP contribution in [0.5, 0.6) is 5.75 Å². The summed E-state index contributed by atoms with van der Waals surface area (Å²) in [5.74, 6) is 0.783. The van der Waals surface area contributed by atoms with Gasteiger partial charge in [0.15, 0.2) is 0 Å². The maximum atomic E-state index is 11.1. The van der Waals surface area contributed by atoms with Gasteiger partial charge in [0.25, 0.3) is 10.1 Å². The lowest BCUT2D eigenvalue weighted by Crippen LogP contribution is -1.98. The zero-order chi connectivity index (χ0) is 16.7. The van der Waals surface area contributed by atoms with Crippen molar-refractivity contribution in [2.75, 3.05) is 6.61 Å². The third-order valence-electron chi connectivity index (χ3n) is 3.85. The van der Waals surface area contributed by atoms with Gasteiger partial charge in [-0.05, 0) is 41.5 Å². The smallest absolute Gasteiger partial charge is 0.294 e. The molecule has 0 aliphatic heterocycles. The molecule has 5 heteroatoms. The third kappa shape index (κ3) is 5.52. The number of unbranched alkanes of at least 4 members (excludes halogenated alkanes) is 5. The molecule has 0 aliphatic carbocycles. The minimum atomic E-state index is -4.16. The average Bonchev–Trinajstić information content (AvgIpc) is 2.52. The van der Waals surface area contributed by atoms with Crippen LogP contribution >= 0.6 is 0 Å². The molecule has 0 heterocycles. The summed E-state index contributed by atoms with van der Waals surface area (Å²) in [7, 11) is -4.16. The number of rotatable bonds is 9. The van der Waals surface area contributed by atoms with Crippen LogP contribution in [0.3, 0.4) is 0 Å². The second kappa shape index (κ2) is 8.31. The first-order valence-corrected chi connectivity index (χ1v) is 9.59. The van der Waals surface area contributed by atoms with E-state index in [0.29, 0.717) is 6.61 Å². The van der Waals surface area contributed by atoms with Gasteiger partial charge in [0, 0.05) is 0 Å². The van der Waals surface area contributed by atoms with E-state index in [0.717, 1.165) is 22.9 Å². The Labute approximate surface area is 138 Å². The lowest BCUT2D eigenvalue weighted by molar-refractivity contribution is 0.305. The fourth-order valence-corrected chi connectivity index (χ4v) is 3.04. The first-order chi connectivity index (χ1) is 11.0. The molecular formula is C18H24O4S. The third-order valence-corrected chi connectivity index (χ3v) is 4.70. The minimum Gasteiger partial charge on any atom is -0.494 e. The molecule has 0 amide bonds. The maximum absolute atomic E-state index is 11.1. The highest BCUT2D eigenvalue weighted by atomic mass is 32.2. The van der Waals surface area contributed by atoms with Crippen LogP contribution in [0, 0.1) is 0 Å². The zero-order valence-corrected chi connectivity index (χ0v) is 14.3. The molecule has 0 fully saturated rings. The second-order valence-electron chi connectivity index (χ2n) is 5.76. The van der Waals surface area contributed by atoms with Gasteiger partial charge >= 0.3 is 0 Å². The fourth-order valence-electron chi connectivity index (χ4n) is 2.52. The van der Waals surface area contributed by atoms with Gasteiger partial charge in [-0.3, -0.25) is 4.55 Å². The van der Waals surface area contributed by atoms with Crippen molar-refractivity contribution >= 4 is 20.9 Å². The number of hydrogen-bond acceptors (Lipinski definition) is 3. The lowest BCUT2D eigenvalue weighted by Gasteiger charge is -2.08. The standard InChI is InChI=1S/C18H24O4S/c1-2-3-4-5-6-7-12-22-17-10-8-16-14-18(23(19,20)21)11-9-15(16)13-17/h8-11,13-14H,2-7,12H2,1H3,(H,19,20,21). The van der Waals surface area contributed by atoms with Crippen molar-refractivity contribution in [3.05, 3.63) is 36.4 Å². The Morgan fingerprint density at radius 2 is 1.57 bits per heavy atom. The molecule has 4 nitrogen and oxygen atoms in total. The number of benzene rings is 2. The monoisotopic (exact) mass is 336 g/mol. The first-order valence-electron chi connectivity index (χ1n) is 8.15. The minimum absolute atomic E-state index is 0.0919. The molecule has 23 heavy (non-hydrogen) atoms. The Balaban J connectivity index is 1.91. The van der Waals surface area contributed by atoms with Gasteiger partial charge in [-0.1, -0.05) is 51.2 Å². The van der Waals surface area contributed by atoms with Crippen LogP contribution in [0.2, 0.25) is 0 Å². The molecule has 0 spiro atoms. The van der Waals surface area contributed by atoms with Gasteiger partial charge in [-0.2, -0.15) is 8.42 Å². The van der Waals surface area contributed by atoms with Gasteiger partial charge in [-0.25, -0.2) is 0 Å². The molecule has 0 aliphatic rings. The maximum Gasteiger partial charge on any atom is 0.294 e. The van der Waals surface area contributed by atoms with E-state index in [-0.39, 0.29) is 4.90 Å². The predicted octanol–water partition coefficient (Wildman–Crippen LogP) is 4.83. The van der Waals surface area contributed by atoms with Crippen molar-refractivity contribution in [3.63, 3.8) is 0 Å². The van der Waals surface area contributed by atoms with Gasteiger partial charge < -0.3 is 4.74 Å². The summed E-state index contributed by atoms with van der Waals surface area (Å²) >= 11 is 0. The van der Waals surface area contributed by atoms with E-state index in [4.69, 9.17) is 9.29 Å². The summed E-state index contributed by atoms with van der Waals surface area (Å²) in [6.07, 6.45) is 7.34. The number of fused-ring (bicyclic) bond motifs is 1. The molecule has 0 atom stereocenters. The van der Waals surface area contributed by atoms with Crippen molar-refractivity contribution in [1.29, 1.82) is 0 Å². The molecule has 2 rings (SSSR count). The molecule has 0 saturated heterocycles. The molecule has 0 aromatic heterocycles. The largest absolute Gasteiger partial charge is 0.494 e. The molecule has 2 aromatic carbocycles. The van der Waals surface area contributed by atoms with E-state index >= 15 is 0 Å². The summed E-state index contributed by atoms with van der Waals surface area (Å²) in [6.45, 7) is 2.91. The molecule has 0 radical (unpaired) electrons. The van der Waals surface area contributed by atoms with E-state index in [2.05, 4.69) is 6.92 Å². The van der Waals surface area contributed by atoms with Crippen molar-refractivity contribution in [3.8, 4) is 5.75 Å². The molecule has 126 valence electrons. The van der Waals surface area contributed by atoms with Gasteiger partial charge in [0.2, 0.25) is 0 Å². The van der Waals surface area contributed by atoms with E-state index in [1.807, 2.05) is 12.1 Å². The Kier molecular flexibility index (Phi) is 6.42. The predicted molar refractivity (Wildman–Crippen MR) is 92.6 cm³/mol.